The van der Waals surface area contributed by atoms with Gasteiger partial charge in [-0.2, -0.15) is 0 Å². The molecule has 32 heavy (non-hydrogen) atoms. The molecule has 0 heterocycles. The van der Waals surface area contributed by atoms with Crippen LogP contribution in [0.1, 0.15) is 96.5 Å². The number of Topliss-reactive ketones (excluding diaryl/α,β-unsaturated/α-hetero) is 1. The fourth-order valence-corrected chi connectivity index (χ4v) is 4.98. The highest BCUT2D eigenvalue weighted by molar-refractivity contribution is 5.83. The van der Waals surface area contributed by atoms with Crippen LogP contribution in [0.2, 0.25) is 0 Å². The zero-order valence-corrected chi connectivity index (χ0v) is 20.0. The Bertz CT molecular complexity index is 726. The summed E-state index contributed by atoms with van der Waals surface area (Å²) >= 11 is 0. The highest BCUT2D eigenvalue weighted by atomic mass is 16.4. The van der Waals surface area contributed by atoms with Gasteiger partial charge in [0.15, 0.2) is 5.60 Å². The van der Waals surface area contributed by atoms with E-state index in [4.69, 9.17) is 0 Å². The van der Waals surface area contributed by atoms with Crippen LogP contribution in [-0.2, 0) is 15.2 Å². The van der Waals surface area contributed by atoms with Crippen LogP contribution >= 0.6 is 0 Å². The first-order valence-electron chi connectivity index (χ1n) is 12.6. The van der Waals surface area contributed by atoms with Crippen LogP contribution in [0.25, 0.3) is 0 Å². The van der Waals surface area contributed by atoms with Crippen molar-refractivity contribution in [2.24, 2.45) is 17.8 Å². The van der Waals surface area contributed by atoms with Gasteiger partial charge in [-0.25, -0.2) is 4.79 Å². The Kier molecular flexibility index (Phi) is 11.2. The minimum atomic E-state index is -1.84. The van der Waals surface area contributed by atoms with E-state index in [1.807, 2.05) is 6.07 Å². The lowest BCUT2D eigenvalue weighted by Crippen LogP contribution is -2.35. The Morgan fingerprint density at radius 3 is 2.56 bits per heavy atom. The maximum atomic E-state index is 12.4. The van der Waals surface area contributed by atoms with Gasteiger partial charge < -0.3 is 10.2 Å². The van der Waals surface area contributed by atoms with E-state index >= 15 is 0 Å². The summed E-state index contributed by atoms with van der Waals surface area (Å²) in [7, 11) is 0. The molecule has 4 atom stereocenters. The van der Waals surface area contributed by atoms with E-state index in [9.17, 15) is 19.8 Å². The predicted octanol–water partition coefficient (Wildman–Crippen LogP) is 6.67. The molecule has 0 radical (unpaired) electrons. The van der Waals surface area contributed by atoms with Gasteiger partial charge in [-0.1, -0.05) is 94.9 Å². The number of benzene rings is 1. The largest absolute Gasteiger partial charge is 0.479 e. The van der Waals surface area contributed by atoms with Gasteiger partial charge in [0.25, 0.3) is 0 Å². The first-order chi connectivity index (χ1) is 15.4. The van der Waals surface area contributed by atoms with E-state index < -0.39 is 11.6 Å². The van der Waals surface area contributed by atoms with Crippen LogP contribution in [0.15, 0.2) is 42.5 Å². The molecule has 178 valence electrons. The van der Waals surface area contributed by atoms with Crippen molar-refractivity contribution in [2.75, 3.05) is 0 Å². The van der Waals surface area contributed by atoms with Crippen molar-refractivity contribution in [3.8, 4) is 0 Å². The van der Waals surface area contributed by atoms with Gasteiger partial charge in [0, 0.05) is 12.3 Å². The number of allylic oxidation sites excluding steroid dienone is 2. The van der Waals surface area contributed by atoms with Crippen molar-refractivity contribution in [2.45, 2.75) is 96.5 Å². The molecule has 2 N–H and O–H groups in total. The molecule has 4 nitrogen and oxygen atoms in total. The topological polar surface area (TPSA) is 74.6 Å². The van der Waals surface area contributed by atoms with Crippen molar-refractivity contribution in [3.05, 3.63) is 48.0 Å². The van der Waals surface area contributed by atoms with Crippen LogP contribution in [0.5, 0.6) is 0 Å². The van der Waals surface area contributed by atoms with Crippen LogP contribution < -0.4 is 0 Å². The SMILES string of the molecule is CCCCC(CC)CC=C[C@H]1CCC(=O)[C@@H]1CCCCCC(O)(C(=O)O)c1ccccc1. The summed E-state index contributed by atoms with van der Waals surface area (Å²) in [5.41, 5.74) is -1.42. The summed E-state index contributed by atoms with van der Waals surface area (Å²) in [5.74, 6) is 0.383. The van der Waals surface area contributed by atoms with E-state index in [0.29, 0.717) is 30.1 Å². The van der Waals surface area contributed by atoms with Gasteiger partial charge in [0.2, 0.25) is 0 Å². The number of rotatable bonds is 15. The third kappa shape index (κ3) is 7.58. The fourth-order valence-electron chi connectivity index (χ4n) is 4.98. The number of hydrogen-bond acceptors (Lipinski definition) is 3. The molecule has 4 heteroatoms. The minimum absolute atomic E-state index is 0.106. The van der Waals surface area contributed by atoms with E-state index in [1.165, 1.54) is 25.7 Å². The molecule has 1 aliphatic carbocycles. The zero-order valence-electron chi connectivity index (χ0n) is 20.0. The number of aliphatic hydroxyl groups is 1. The maximum Gasteiger partial charge on any atom is 0.340 e. The molecule has 1 saturated carbocycles. The quantitative estimate of drug-likeness (QED) is 0.235. The first kappa shape index (κ1) is 26.3. The Hall–Kier alpha value is -1.94. The smallest absolute Gasteiger partial charge is 0.340 e. The third-order valence-electron chi connectivity index (χ3n) is 7.21. The number of unbranched alkanes of at least 4 members (excludes halogenated alkanes) is 3. The molecule has 0 bridgehead atoms. The second-order valence-corrected chi connectivity index (χ2v) is 9.49. The van der Waals surface area contributed by atoms with E-state index in [-0.39, 0.29) is 12.3 Å². The van der Waals surface area contributed by atoms with Crippen molar-refractivity contribution >= 4 is 11.8 Å². The van der Waals surface area contributed by atoms with Crippen molar-refractivity contribution < 1.29 is 19.8 Å². The Balaban J connectivity index is 1.79. The third-order valence-corrected chi connectivity index (χ3v) is 7.21. The van der Waals surface area contributed by atoms with Crippen LogP contribution in [-0.4, -0.2) is 22.0 Å². The molecule has 1 fully saturated rings. The second kappa shape index (κ2) is 13.6. The first-order valence-corrected chi connectivity index (χ1v) is 12.6. The molecule has 1 aliphatic rings. The Morgan fingerprint density at radius 1 is 1.16 bits per heavy atom. The normalized spacial score (nSPS) is 21.7. The second-order valence-electron chi connectivity index (χ2n) is 9.49. The average Bonchev–Trinajstić information content (AvgIpc) is 3.15. The monoisotopic (exact) mass is 442 g/mol. The van der Waals surface area contributed by atoms with Gasteiger partial charge in [0.1, 0.15) is 5.78 Å². The number of carboxylic acid groups (broad SMARTS) is 1. The number of hydrogen-bond donors (Lipinski definition) is 2. The van der Waals surface area contributed by atoms with Crippen LogP contribution in [0.3, 0.4) is 0 Å². The number of carbonyl (C=O) groups excluding carboxylic acids is 1. The van der Waals surface area contributed by atoms with Gasteiger partial charge in [-0.3, -0.25) is 4.79 Å². The summed E-state index contributed by atoms with van der Waals surface area (Å²) < 4.78 is 0. The Morgan fingerprint density at radius 2 is 1.91 bits per heavy atom. The molecule has 0 saturated heterocycles. The fraction of sp³-hybridized carbons (Fsp3) is 0.643. The summed E-state index contributed by atoms with van der Waals surface area (Å²) in [4.78, 5) is 24.1. The van der Waals surface area contributed by atoms with Crippen molar-refractivity contribution in [3.63, 3.8) is 0 Å². The average molecular weight is 443 g/mol. The number of carbonyl (C=O) groups is 2. The highest BCUT2D eigenvalue weighted by Gasteiger charge is 2.37. The van der Waals surface area contributed by atoms with Crippen LogP contribution in [0.4, 0.5) is 0 Å². The van der Waals surface area contributed by atoms with Gasteiger partial charge >= 0.3 is 5.97 Å². The van der Waals surface area contributed by atoms with Gasteiger partial charge in [0.05, 0.1) is 0 Å². The number of ketones is 1. The van der Waals surface area contributed by atoms with E-state index in [1.54, 1.807) is 24.3 Å². The van der Waals surface area contributed by atoms with E-state index in [2.05, 4.69) is 26.0 Å². The summed E-state index contributed by atoms with van der Waals surface area (Å²) in [5, 5.41) is 20.3. The lowest BCUT2D eigenvalue weighted by molar-refractivity contribution is -0.160. The minimum Gasteiger partial charge on any atom is -0.479 e. The molecule has 2 rings (SSSR count). The molecule has 0 spiro atoms. The summed E-state index contributed by atoms with van der Waals surface area (Å²) in [6.07, 6.45) is 15.8. The standard InChI is InChI=1S/C28H42O4/c1-3-5-13-22(4-2)14-12-15-23-19-20-26(29)25(23)18-10-7-11-21-28(32,27(30)31)24-16-8-6-9-17-24/h6,8-9,12,15-17,22-23,25,32H,3-5,7,10-11,13-14,18-21H2,1-2H3,(H,30,31)/t22?,23-,25+,28?/m0/s1. The predicted molar refractivity (Wildman–Crippen MR) is 129 cm³/mol. The van der Waals surface area contributed by atoms with Crippen LogP contribution in [0, 0.1) is 17.8 Å². The number of carboxylic acids is 1. The molecule has 0 amide bonds. The zero-order chi connectivity index (χ0) is 23.4. The highest BCUT2D eigenvalue weighted by Crippen LogP contribution is 2.35. The summed E-state index contributed by atoms with van der Waals surface area (Å²) in [6, 6.07) is 8.62. The van der Waals surface area contributed by atoms with E-state index in [0.717, 1.165) is 38.0 Å². The molecule has 1 aromatic carbocycles. The Labute approximate surface area is 194 Å². The van der Waals surface area contributed by atoms with Gasteiger partial charge in [-0.15, -0.1) is 0 Å². The lowest BCUT2D eigenvalue weighted by atomic mass is 9.86. The molecular weight excluding hydrogens is 400 g/mol. The van der Waals surface area contributed by atoms with Gasteiger partial charge in [-0.05, 0) is 49.5 Å². The van der Waals surface area contributed by atoms with Crippen molar-refractivity contribution in [1.29, 1.82) is 0 Å². The molecular formula is C28H42O4. The molecule has 0 aliphatic heterocycles. The molecule has 1 aromatic rings. The molecule has 2 unspecified atom stereocenters. The maximum absolute atomic E-state index is 12.4. The lowest BCUT2D eigenvalue weighted by Gasteiger charge is -2.24. The summed E-state index contributed by atoms with van der Waals surface area (Å²) in [6.45, 7) is 4.50. The number of aliphatic carboxylic acids is 1. The van der Waals surface area contributed by atoms with Crippen molar-refractivity contribution in [1.82, 2.24) is 0 Å². The molecule has 0 aromatic heterocycles.